The molecule has 0 spiro atoms. The predicted octanol–water partition coefficient (Wildman–Crippen LogP) is 2.25. The van der Waals surface area contributed by atoms with Crippen LogP contribution in [0.15, 0.2) is 18.2 Å². The number of fused-ring (bicyclic) bond motifs is 3. The van der Waals surface area contributed by atoms with Crippen LogP contribution in [0.2, 0.25) is 0 Å². The van der Waals surface area contributed by atoms with Gasteiger partial charge in [-0.05, 0) is 44.6 Å². The molecule has 1 saturated heterocycles. The fourth-order valence-electron chi connectivity index (χ4n) is 3.65. The fraction of sp³-hybridized carbons (Fsp3) is 0.412. The molecular formula is C17H20FN5O. The smallest absolute Gasteiger partial charge is 0.251 e. The summed E-state index contributed by atoms with van der Waals surface area (Å²) in [7, 11) is 0. The summed E-state index contributed by atoms with van der Waals surface area (Å²) >= 11 is 0. The number of hydrogen-bond acceptors (Lipinski definition) is 3. The van der Waals surface area contributed by atoms with Gasteiger partial charge in [0.2, 0.25) is 0 Å². The number of aromatic nitrogens is 3. The molecule has 3 heterocycles. The van der Waals surface area contributed by atoms with Crippen molar-refractivity contribution in [2.24, 2.45) is 5.73 Å². The van der Waals surface area contributed by atoms with Crippen LogP contribution in [0, 0.1) is 5.82 Å². The largest absolute Gasteiger partial charge is 0.366 e. The Kier molecular flexibility index (Phi) is 3.53. The molecule has 3 N–H and O–H groups in total. The first-order chi connectivity index (χ1) is 11.6. The van der Waals surface area contributed by atoms with Gasteiger partial charge in [0.1, 0.15) is 17.0 Å². The number of rotatable bonds is 3. The maximum absolute atomic E-state index is 13.7. The minimum Gasteiger partial charge on any atom is -0.366 e. The average Bonchev–Trinajstić information content (AvgIpc) is 3.11. The SMILES string of the molecule is CCN1CCC(c2cc3[nH]c4cc(F)cc(C(N)=O)c4n3n2)CC1. The van der Waals surface area contributed by atoms with Crippen molar-refractivity contribution in [3.63, 3.8) is 0 Å². The summed E-state index contributed by atoms with van der Waals surface area (Å²) in [4.78, 5) is 17.2. The molecule has 1 aromatic carbocycles. The van der Waals surface area contributed by atoms with E-state index in [1.54, 1.807) is 4.52 Å². The number of H-pyrrole nitrogens is 1. The van der Waals surface area contributed by atoms with Gasteiger partial charge in [-0.3, -0.25) is 4.79 Å². The Balaban J connectivity index is 1.78. The van der Waals surface area contributed by atoms with Crippen molar-refractivity contribution in [2.75, 3.05) is 19.6 Å². The maximum Gasteiger partial charge on any atom is 0.251 e. The molecule has 1 fully saturated rings. The van der Waals surface area contributed by atoms with E-state index >= 15 is 0 Å². The van der Waals surface area contributed by atoms with Gasteiger partial charge in [-0.1, -0.05) is 6.92 Å². The Morgan fingerprint density at radius 3 is 2.79 bits per heavy atom. The van der Waals surface area contributed by atoms with E-state index in [9.17, 15) is 9.18 Å². The molecule has 0 bridgehead atoms. The maximum atomic E-state index is 13.7. The molecule has 2 aromatic heterocycles. The first kappa shape index (κ1) is 15.1. The third-order valence-corrected chi connectivity index (χ3v) is 5.00. The second kappa shape index (κ2) is 5.59. The van der Waals surface area contributed by atoms with Crippen molar-refractivity contribution in [2.45, 2.75) is 25.7 Å². The lowest BCUT2D eigenvalue weighted by atomic mass is 9.94. The van der Waals surface area contributed by atoms with Crippen LogP contribution in [-0.4, -0.2) is 45.0 Å². The molecule has 0 unspecified atom stereocenters. The summed E-state index contributed by atoms with van der Waals surface area (Å²) in [5.74, 6) is -0.740. The molecule has 1 aliphatic rings. The van der Waals surface area contributed by atoms with Gasteiger partial charge in [0.25, 0.3) is 5.91 Å². The van der Waals surface area contributed by atoms with Gasteiger partial charge in [0.15, 0.2) is 0 Å². The number of amides is 1. The standard InChI is InChI=1S/C17H20FN5O/c1-2-22-5-3-10(4-6-22)13-9-15-20-14-8-11(18)7-12(17(19)24)16(14)23(15)21-13/h7-10,20H,2-6H2,1H3,(H2,19,24). The summed E-state index contributed by atoms with van der Waals surface area (Å²) < 4.78 is 15.3. The van der Waals surface area contributed by atoms with Crippen LogP contribution in [0.4, 0.5) is 4.39 Å². The third-order valence-electron chi connectivity index (χ3n) is 5.00. The van der Waals surface area contributed by atoms with E-state index in [1.807, 2.05) is 6.07 Å². The molecule has 126 valence electrons. The van der Waals surface area contributed by atoms with Gasteiger partial charge in [-0.25, -0.2) is 8.91 Å². The zero-order valence-electron chi connectivity index (χ0n) is 13.6. The van der Waals surface area contributed by atoms with Crippen molar-refractivity contribution < 1.29 is 9.18 Å². The number of aromatic amines is 1. The van der Waals surface area contributed by atoms with Crippen molar-refractivity contribution in [3.8, 4) is 0 Å². The molecule has 4 rings (SSSR count). The van der Waals surface area contributed by atoms with E-state index in [1.165, 1.54) is 12.1 Å². The highest BCUT2D eigenvalue weighted by Gasteiger charge is 2.23. The number of imidazole rings is 1. The van der Waals surface area contributed by atoms with E-state index in [0.29, 0.717) is 17.0 Å². The minimum atomic E-state index is -0.659. The van der Waals surface area contributed by atoms with Crippen LogP contribution in [0.25, 0.3) is 16.7 Å². The van der Waals surface area contributed by atoms with Crippen LogP contribution in [-0.2, 0) is 0 Å². The average molecular weight is 329 g/mol. The van der Waals surface area contributed by atoms with Crippen LogP contribution < -0.4 is 5.73 Å². The van der Waals surface area contributed by atoms with Gasteiger partial charge in [-0.2, -0.15) is 5.10 Å². The zero-order valence-corrected chi connectivity index (χ0v) is 13.6. The van der Waals surface area contributed by atoms with Crippen LogP contribution in [0.3, 0.4) is 0 Å². The Bertz CT molecular complexity index is 920. The van der Waals surface area contributed by atoms with Crippen LogP contribution in [0.5, 0.6) is 0 Å². The topological polar surface area (TPSA) is 79.4 Å². The molecule has 3 aromatic rings. The van der Waals surface area contributed by atoms with Gasteiger partial charge in [-0.15, -0.1) is 0 Å². The number of carbonyl (C=O) groups is 1. The molecule has 0 radical (unpaired) electrons. The van der Waals surface area contributed by atoms with Gasteiger partial charge in [0.05, 0.1) is 16.8 Å². The van der Waals surface area contributed by atoms with Crippen molar-refractivity contribution >= 4 is 22.6 Å². The number of benzene rings is 1. The normalized spacial score (nSPS) is 17.1. The molecule has 0 aliphatic carbocycles. The third kappa shape index (κ3) is 2.36. The second-order valence-electron chi connectivity index (χ2n) is 6.41. The lowest BCUT2D eigenvalue weighted by molar-refractivity contribution is 0.100. The molecule has 1 amide bonds. The fourth-order valence-corrected chi connectivity index (χ4v) is 3.65. The number of likely N-dealkylation sites (tertiary alicyclic amines) is 1. The quantitative estimate of drug-likeness (QED) is 0.773. The summed E-state index contributed by atoms with van der Waals surface area (Å²) in [5.41, 5.74) is 8.39. The molecule has 24 heavy (non-hydrogen) atoms. The Hall–Kier alpha value is -2.41. The number of piperidine rings is 1. The Morgan fingerprint density at radius 1 is 1.38 bits per heavy atom. The summed E-state index contributed by atoms with van der Waals surface area (Å²) in [6, 6.07) is 4.52. The number of nitrogens with zero attached hydrogens (tertiary/aromatic N) is 3. The second-order valence-corrected chi connectivity index (χ2v) is 6.41. The summed E-state index contributed by atoms with van der Waals surface area (Å²) in [6.07, 6.45) is 2.15. The first-order valence-corrected chi connectivity index (χ1v) is 8.30. The van der Waals surface area contributed by atoms with Gasteiger partial charge < -0.3 is 15.6 Å². The van der Waals surface area contributed by atoms with E-state index in [4.69, 9.17) is 5.73 Å². The van der Waals surface area contributed by atoms with Crippen molar-refractivity contribution in [3.05, 3.63) is 35.3 Å². The van der Waals surface area contributed by atoms with Gasteiger partial charge in [0, 0.05) is 12.0 Å². The Labute approximate surface area is 138 Å². The van der Waals surface area contributed by atoms with E-state index in [-0.39, 0.29) is 5.56 Å². The summed E-state index contributed by atoms with van der Waals surface area (Å²) in [6.45, 7) is 5.40. The highest BCUT2D eigenvalue weighted by atomic mass is 19.1. The van der Waals surface area contributed by atoms with Crippen molar-refractivity contribution in [1.29, 1.82) is 0 Å². The minimum absolute atomic E-state index is 0.145. The highest BCUT2D eigenvalue weighted by Crippen LogP contribution is 2.30. The molecule has 1 aliphatic heterocycles. The summed E-state index contributed by atoms with van der Waals surface area (Å²) in [5, 5.41) is 4.68. The monoisotopic (exact) mass is 329 g/mol. The number of nitrogens with two attached hydrogens (primary N) is 1. The van der Waals surface area contributed by atoms with E-state index in [2.05, 4.69) is 21.9 Å². The highest BCUT2D eigenvalue weighted by molar-refractivity contribution is 6.05. The molecule has 0 saturated carbocycles. The van der Waals surface area contributed by atoms with Crippen LogP contribution >= 0.6 is 0 Å². The molecule has 0 atom stereocenters. The molecule has 7 heteroatoms. The number of primary amides is 1. The molecular weight excluding hydrogens is 309 g/mol. The van der Waals surface area contributed by atoms with Crippen LogP contribution in [0.1, 0.15) is 41.7 Å². The number of hydrogen-bond donors (Lipinski definition) is 2. The first-order valence-electron chi connectivity index (χ1n) is 8.30. The van der Waals surface area contributed by atoms with Gasteiger partial charge >= 0.3 is 0 Å². The van der Waals surface area contributed by atoms with E-state index in [0.717, 1.165) is 43.8 Å². The van der Waals surface area contributed by atoms with E-state index < -0.39 is 11.7 Å². The lowest BCUT2D eigenvalue weighted by Crippen LogP contribution is -2.32. The number of nitrogens with one attached hydrogen (secondary N) is 1. The predicted molar refractivity (Wildman–Crippen MR) is 89.6 cm³/mol. The number of carbonyl (C=O) groups excluding carboxylic acids is 1. The number of halogens is 1. The molecule has 6 nitrogen and oxygen atoms in total. The Morgan fingerprint density at radius 2 is 2.12 bits per heavy atom. The lowest BCUT2D eigenvalue weighted by Gasteiger charge is -2.29. The zero-order chi connectivity index (χ0) is 16.8. The van der Waals surface area contributed by atoms with Crippen molar-refractivity contribution in [1.82, 2.24) is 19.5 Å².